The van der Waals surface area contributed by atoms with Crippen molar-refractivity contribution in [2.24, 2.45) is 5.92 Å². The molecule has 0 rings (SSSR count). The third kappa shape index (κ3) is 10.6. The van der Waals surface area contributed by atoms with Gasteiger partial charge < -0.3 is 9.84 Å². The van der Waals surface area contributed by atoms with Crippen molar-refractivity contribution >= 4 is 81.2 Å². The Labute approximate surface area is 175 Å². The van der Waals surface area contributed by atoms with Gasteiger partial charge in [-0.2, -0.15) is 8.42 Å². The van der Waals surface area contributed by atoms with Crippen molar-refractivity contribution in [3.63, 3.8) is 0 Å². The molecule has 0 radical (unpaired) electrons. The minimum atomic E-state index is -4.82. The third-order valence-corrected chi connectivity index (χ3v) is 4.08. The fourth-order valence-corrected chi connectivity index (χ4v) is 2.83. The first kappa shape index (κ1) is 27.7. The molecule has 0 saturated heterocycles. The number of ether oxygens (including phenoxy) is 1. The molecule has 122 valence electrons. The van der Waals surface area contributed by atoms with E-state index in [9.17, 15) is 18.0 Å². The van der Waals surface area contributed by atoms with Crippen LogP contribution in [0.15, 0.2) is 0 Å². The Morgan fingerprint density at radius 2 is 1.64 bits per heavy atom. The molecule has 2 atom stereocenters. The number of carbonyl (C=O) groups is 2. The molecule has 2 unspecified atom stereocenters. The first-order valence-corrected chi connectivity index (χ1v) is 8.11. The normalized spacial score (nSPS) is 13.2. The number of carboxylic acids is 1. The topological polar surface area (TPSA) is 118 Å². The predicted molar refractivity (Wildman–Crippen MR) is 86.2 cm³/mol. The SMILES string of the molecule is CCCCCCOC(=O)C(C(CC)C(=O)O)S(=O)(=O)O.[NaH].[NaH]. The zero-order chi connectivity index (χ0) is 15.8. The Morgan fingerprint density at radius 3 is 2.00 bits per heavy atom. The molecule has 0 saturated carbocycles. The van der Waals surface area contributed by atoms with Gasteiger partial charge in [-0.25, -0.2) is 0 Å². The van der Waals surface area contributed by atoms with Gasteiger partial charge in [-0.1, -0.05) is 33.1 Å². The van der Waals surface area contributed by atoms with E-state index in [0.29, 0.717) is 6.42 Å². The van der Waals surface area contributed by atoms with Crippen molar-refractivity contribution in [3.05, 3.63) is 0 Å². The summed E-state index contributed by atoms with van der Waals surface area (Å²) in [5.74, 6) is -4.19. The van der Waals surface area contributed by atoms with Gasteiger partial charge in [-0.15, -0.1) is 0 Å². The van der Waals surface area contributed by atoms with Crippen LogP contribution in [0.25, 0.3) is 0 Å². The van der Waals surface area contributed by atoms with Crippen molar-refractivity contribution in [2.75, 3.05) is 6.61 Å². The van der Waals surface area contributed by atoms with Crippen LogP contribution < -0.4 is 0 Å². The molecule has 7 nitrogen and oxygen atoms in total. The monoisotopic (exact) mass is 358 g/mol. The van der Waals surface area contributed by atoms with Crippen LogP contribution in [0.5, 0.6) is 0 Å². The number of aliphatic carboxylic acids is 1. The molecular weight excluding hydrogens is 334 g/mol. The Hall–Kier alpha value is 0.850. The van der Waals surface area contributed by atoms with Gasteiger partial charge >= 0.3 is 71.1 Å². The Kier molecular flexibility index (Phi) is 17.9. The number of carbonyl (C=O) groups excluding carboxylic acids is 1. The number of hydrogen-bond acceptors (Lipinski definition) is 5. The van der Waals surface area contributed by atoms with Gasteiger partial charge in [0.15, 0.2) is 5.25 Å². The first-order valence-electron chi connectivity index (χ1n) is 6.61. The van der Waals surface area contributed by atoms with Gasteiger partial charge in [0.05, 0.1) is 12.5 Å². The van der Waals surface area contributed by atoms with Gasteiger partial charge in [-0.3, -0.25) is 14.1 Å². The van der Waals surface area contributed by atoms with Gasteiger partial charge in [0, 0.05) is 0 Å². The summed E-state index contributed by atoms with van der Waals surface area (Å²) in [5, 5.41) is 6.84. The van der Waals surface area contributed by atoms with E-state index in [2.05, 4.69) is 0 Å². The second kappa shape index (κ2) is 14.2. The van der Waals surface area contributed by atoms with Crippen LogP contribution in [0, 0.1) is 5.92 Å². The summed E-state index contributed by atoms with van der Waals surface area (Å²) in [6.07, 6.45) is 3.26. The summed E-state index contributed by atoms with van der Waals surface area (Å²) < 4.78 is 36.2. The fourth-order valence-electron chi connectivity index (χ4n) is 1.80. The fraction of sp³-hybridized carbons (Fsp3) is 0.833. The van der Waals surface area contributed by atoms with Crippen LogP contribution in [0.4, 0.5) is 0 Å². The summed E-state index contributed by atoms with van der Waals surface area (Å²) in [6, 6.07) is 0. The molecule has 10 heteroatoms. The van der Waals surface area contributed by atoms with Gasteiger partial charge in [0.1, 0.15) is 0 Å². The van der Waals surface area contributed by atoms with Crippen LogP contribution in [0.3, 0.4) is 0 Å². The Bertz CT molecular complexity index is 425. The van der Waals surface area contributed by atoms with Crippen LogP contribution in [-0.4, -0.2) is 101 Å². The summed E-state index contributed by atoms with van der Waals surface area (Å²) in [7, 11) is -4.82. The van der Waals surface area contributed by atoms with E-state index in [-0.39, 0.29) is 72.1 Å². The molecule has 2 N–H and O–H groups in total. The number of rotatable bonds is 10. The van der Waals surface area contributed by atoms with Crippen molar-refractivity contribution < 1.29 is 32.4 Å². The van der Waals surface area contributed by atoms with E-state index in [1.807, 2.05) is 6.92 Å². The summed E-state index contributed by atoms with van der Waals surface area (Å²) in [6.45, 7) is 3.45. The van der Waals surface area contributed by atoms with E-state index >= 15 is 0 Å². The molecule has 0 aromatic rings. The van der Waals surface area contributed by atoms with E-state index in [4.69, 9.17) is 14.4 Å². The summed E-state index contributed by atoms with van der Waals surface area (Å²) in [4.78, 5) is 22.7. The molecule has 0 amide bonds. The molecule has 22 heavy (non-hydrogen) atoms. The minimum absolute atomic E-state index is 0. The van der Waals surface area contributed by atoms with E-state index in [1.54, 1.807) is 0 Å². The molecule has 0 aromatic carbocycles. The average Bonchev–Trinajstić information content (AvgIpc) is 2.33. The van der Waals surface area contributed by atoms with Crippen LogP contribution in [-0.2, 0) is 24.4 Å². The average molecular weight is 358 g/mol. The standard InChI is InChI=1S/C12H22O7S.2Na.2H/c1-3-5-6-7-8-19-12(15)10(20(16,17)18)9(4-2)11(13)14;;;;/h9-10H,3-8H2,1-2H3,(H,13,14)(H,16,17,18);;;;. The van der Waals surface area contributed by atoms with E-state index in [1.165, 1.54) is 6.92 Å². The van der Waals surface area contributed by atoms with Gasteiger partial charge in [0.2, 0.25) is 0 Å². The maximum atomic E-state index is 11.7. The molecule has 0 aromatic heterocycles. The third-order valence-electron chi connectivity index (χ3n) is 2.92. The van der Waals surface area contributed by atoms with Gasteiger partial charge in [0.25, 0.3) is 10.1 Å². The van der Waals surface area contributed by atoms with E-state index < -0.39 is 33.2 Å². The van der Waals surface area contributed by atoms with Crippen molar-refractivity contribution in [2.45, 2.75) is 51.2 Å². The van der Waals surface area contributed by atoms with Crippen molar-refractivity contribution in [1.82, 2.24) is 0 Å². The summed E-state index contributed by atoms with van der Waals surface area (Å²) >= 11 is 0. The predicted octanol–water partition coefficient (Wildman–Crippen LogP) is 0.180. The second-order valence-electron chi connectivity index (χ2n) is 4.52. The molecule has 0 heterocycles. The molecule has 0 aliphatic rings. The second-order valence-corrected chi connectivity index (χ2v) is 6.05. The first-order chi connectivity index (χ1) is 9.25. The van der Waals surface area contributed by atoms with Crippen LogP contribution >= 0.6 is 0 Å². The molecular formula is C12H24Na2O7S. The Morgan fingerprint density at radius 1 is 1.09 bits per heavy atom. The van der Waals surface area contributed by atoms with Gasteiger partial charge in [-0.05, 0) is 12.8 Å². The van der Waals surface area contributed by atoms with Crippen molar-refractivity contribution in [3.8, 4) is 0 Å². The molecule has 0 spiro atoms. The number of carboxylic acid groups (broad SMARTS) is 1. The molecule has 0 aliphatic heterocycles. The zero-order valence-corrected chi connectivity index (χ0v) is 12.6. The van der Waals surface area contributed by atoms with Crippen LogP contribution in [0.1, 0.15) is 46.0 Å². The molecule has 0 bridgehead atoms. The van der Waals surface area contributed by atoms with Crippen molar-refractivity contribution in [1.29, 1.82) is 0 Å². The number of esters is 1. The maximum absolute atomic E-state index is 11.7. The number of unbranched alkanes of at least 4 members (excludes halogenated alkanes) is 3. The number of hydrogen-bond donors (Lipinski definition) is 2. The zero-order valence-electron chi connectivity index (χ0n) is 11.7. The Balaban J connectivity index is -0.00000180. The molecule has 0 fully saturated rings. The quantitative estimate of drug-likeness (QED) is 0.247. The van der Waals surface area contributed by atoms with Crippen LogP contribution in [0.2, 0.25) is 0 Å². The summed E-state index contributed by atoms with van der Waals surface area (Å²) in [5.41, 5.74) is 0. The van der Waals surface area contributed by atoms with E-state index in [0.717, 1.165) is 19.3 Å². The molecule has 0 aliphatic carbocycles.